The van der Waals surface area contributed by atoms with Crippen molar-refractivity contribution in [3.63, 3.8) is 0 Å². The third kappa shape index (κ3) is 6.83. The maximum Gasteiger partial charge on any atom is 0.335 e. The Morgan fingerprint density at radius 3 is 2.55 bits per heavy atom. The molecule has 0 heterocycles. The van der Waals surface area contributed by atoms with Gasteiger partial charge in [-0.2, -0.15) is 0 Å². The zero-order valence-corrected chi connectivity index (χ0v) is 7.13. The molecule has 2 N–H and O–H groups in total. The number of rotatable bonds is 3. The van der Waals surface area contributed by atoms with Crippen molar-refractivity contribution in [2.75, 3.05) is 0 Å². The summed E-state index contributed by atoms with van der Waals surface area (Å²) in [6.45, 7) is 5.42. The van der Waals surface area contributed by atoms with Crippen LogP contribution in [-0.2, 0) is 9.63 Å². The smallest absolute Gasteiger partial charge is 0.335 e. The summed E-state index contributed by atoms with van der Waals surface area (Å²) >= 11 is 0. The molecule has 0 aliphatic rings. The Morgan fingerprint density at radius 2 is 2.18 bits per heavy atom. The minimum Gasteiger partial charge on any atom is -0.385 e. The summed E-state index contributed by atoms with van der Waals surface area (Å²) in [5, 5.41) is 3.32. The van der Waals surface area contributed by atoms with Gasteiger partial charge in [-0.1, -0.05) is 19.0 Å². The number of nitrogens with two attached hydrogens (primary N) is 1. The lowest BCUT2D eigenvalue weighted by Crippen LogP contribution is -2.10. The highest BCUT2D eigenvalue weighted by Crippen LogP contribution is 2.00. The van der Waals surface area contributed by atoms with Crippen molar-refractivity contribution < 1.29 is 9.63 Å². The highest BCUT2D eigenvalue weighted by Gasteiger charge is 2.04. The molecule has 0 rings (SSSR count). The van der Waals surface area contributed by atoms with Gasteiger partial charge in [0.15, 0.2) is 0 Å². The second-order valence-corrected chi connectivity index (χ2v) is 2.79. The average molecular weight is 158 g/mol. The molecule has 0 bridgehead atoms. The van der Waals surface area contributed by atoms with Gasteiger partial charge in [-0.15, -0.1) is 0 Å². The van der Waals surface area contributed by atoms with Gasteiger partial charge in [-0.25, -0.2) is 4.79 Å². The first-order valence-corrected chi connectivity index (χ1v) is 3.52. The average Bonchev–Trinajstić information content (AvgIpc) is 1.82. The van der Waals surface area contributed by atoms with Crippen LogP contribution >= 0.6 is 0 Å². The molecule has 64 valence electrons. The van der Waals surface area contributed by atoms with Crippen molar-refractivity contribution in [3.8, 4) is 0 Å². The summed E-state index contributed by atoms with van der Waals surface area (Å²) in [6, 6.07) is 0. The topological polar surface area (TPSA) is 64.7 Å². The fraction of sp³-hybridized carbons (Fsp3) is 0.714. The van der Waals surface area contributed by atoms with E-state index < -0.39 is 0 Å². The third-order valence-corrected chi connectivity index (χ3v) is 0.866. The van der Waals surface area contributed by atoms with Crippen LogP contribution in [0.15, 0.2) is 5.16 Å². The molecule has 0 atom stereocenters. The molecule has 0 unspecified atom stereocenters. The normalized spacial score (nSPS) is 11.8. The van der Waals surface area contributed by atoms with E-state index in [4.69, 9.17) is 5.73 Å². The van der Waals surface area contributed by atoms with Gasteiger partial charge in [-0.05, 0) is 12.8 Å². The molecule has 0 saturated heterocycles. The Kier molecular flexibility index (Phi) is 4.26. The Balaban J connectivity index is 3.62. The second kappa shape index (κ2) is 4.71. The van der Waals surface area contributed by atoms with Gasteiger partial charge in [-0.3, -0.25) is 0 Å². The molecule has 0 aromatic carbocycles. The maximum atomic E-state index is 10.8. The summed E-state index contributed by atoms with van der Waals surface area (Å²) in [7, 11) is 0. The Bertz CT molecular complexity index is 160. The molecule has 0 aromatic rings. The van der Waals surface area contributed by atoms with Crippen molar-refractivity contribution in [2.45, 2.75) is 27.2 Å². The lowest BCUT2D eigenvalue weighted by atomic mass is 10.1. The highest BCUT2D eigenvalue weighted by atomic mass is 16.7. The molecule has 0 radical (unpaired) electrons. The third-order valence-electron chi connectivity index (χ3n) is 0.866. The van der Waals surface area contributed by atoms with Crippen LogP contribution in [0.3, 0.4) is 0 Å². The molecule has 0 aliphatic heterocycles. The lowest BCUT2D eigenvalue weighted by molar-refractivity contribution is -0.144. The van der Waals surface area contributed by atoms with E-state index in [1.807, 2.05) is 13.8 Å². The predicted octanol–water partition coefficient (Wildman–Crippen LogP) is 0.868. The number of nitrogens with zero attached hydrogens (tertiary/aromatic N) is 1. The van der Waals surface area contributed by atoms with E-state index in [1.165, 1.54) is 0 Å². The number of carbonyl (C=O) groups is 1. The Labute approximate surface area is 66.4 Å². The number of oxime groups is 1. The quantitative estimate of drug-likeness (QED) is 0.287. The van der Waals surface area contributed by atoms with Crippen LogP contribution in [0, 0.1) is 5.92 Å². The van der Waals surface area contributed by atoms with Gasteiger partial charge in [0, 0.05) is 0 Å². The molecule has 0 spiro atoms. The van der Waals surface area contributed by atoms with Crippen LogP contribution in [-0.4, -0.2) is 11.8 Å². The van der Waals surface area contributed by atoms with E-state index in [0.717, 1.165) is 0 Å². The Hall–Kier alpha value is -1.06. The van der Waals surface area contributed by atoms with E-state index in [-0.39, 0.29) is 17.7 Å². The molecule has 11 heavy (non-hydrogen) atoms. The van der Waals surface area contributed by atoms with Crippen LogP contribution in [0.2, 0.25) is 0 Å². The molecule has 4 heteroatoms. The zero-order chi connectivity index (χ0) is 8.85. The monoisotopic (exact) mass is 158 g/mol. The van der Waals surface area contributed by atoms with E-state index in [0.29, 0.717) is 6.42 Å². The highest BCUT2D eigenvalue weighted by molar-refractivity contribution is 5.78. The van der Waals surface area contributed by atoms with Crippen LogP contribution < -0.4 is 5.73 Å². The first kappa shape index (κ1) is 9.94. The predicted molar refractivity (Wildman–Crippen MR) is 42.8 cm³/mol. The molecule has 4 nitrogen and oxygen atoms in total. The summed E-state index contributed by atoms with van der Waals surface area (Å²) in [4.78, 5) is 15.2. The summed E-state index contributed by atoms with van der Waals surface area (Å²) < 4.78 is 0. The Morgan fingerprint density at radius 1 is 1.64 bits per heavy atom. The van der Waals surface area contributed by atoms with E-state index in [2.05, 4.69) is 9.99 Å². The van der Waals surface area contributed by atoms with Gasteiger partial charge in [0.1, 0.15) is 5.84 Å². The van der Waals surface area contributed by atoms with Crippen molar-refractivity contribution in [1.82, 2.24) is 0 Å². The molecular weight excluding hydrogens is 144 g/mol. The molecule has 0 amide bonds. The fourth-order valence-electron chi connectivity index (χ4n) is 0.494. The molecule has 0 fully saturated rings. The first-order chi connectivity index (χ1) is 5.02. The minimum atomic E-state index is -0.343. The van der Waals surface area contributed by atoms with Crippen molar-refractivity contribution in [3.05, 3.63) is 0 Å². The SMILES string of the molecule is C/C(N)=N/OC(=O)CC(C)C. The largest absolute Gasteiger partial charge is 0.385 e. The van der Waals surface area contributed by atoms with Crippen LogP contribution in [0.5, 0.6) is 0 Å². The maximum absolute atomic E-state index is 10.8. The van der Waals surface area contributed by atoms with Crippen LogP contribution in [0.4, 0.5) is 0 Å². The summed E-state index contributed by atoms with van der Waals surface area (Å²) in [5.41, 5.74) is 5.14. The number of hydrogen-bond acceptors (Lipinski definition) is 3. The second-order valence-electron chi connectivity index (χ2n) is 2.79. The lowest BCUT2D eigenvalue weighted by Gasteiger charge is -2.00. The van der Waals surface area contributed by atoms with E-state index >= 15 is 0 Å². The zero-order valence-electron chi connectivity index (χ0n) is 7.13. The fourth-order valence-corrected chi connectivity index (χ4v) is 0.494. The minimum absolute atomic E-state index is 0.252. The van der Waals surface area contributed by atoms with Gasteiger partial charge < -0.3 is 10.6 Å². The first-order valence-electron chi connectivity index (χ1n) is 3.52. The van der Waals surface area contributed by atoms with Crippen molar-refractivity contribution >= 4 is 11.8 Å². The number of hydrogen-bond donors (Lipinski definition) is 1. The van der Waals surface area contributed by atoms with Gasteiger partial charge >= 0.3 is 5.97 Å². The van der Waals surface area contributed by atoms with Gasteiger partial charge in [0.25, 0.3) is 0 Å². The summed E-state index contributed by atoms with van der Waals surface area (Å²) in [5.74, 6) is 0.197. The standard InChI is InChI=1S/C7H14N2O2/c1-5(2)4-7(10)11-9-6(3)8/h5H,4H2,1-3H3,(H2,8,9). The van der Waals surface area contributed by atoms with Crippen molar-refractivity contribution in [2.24, 2.45) is 16.8 Å². The van der Waals surface area contributed by atoms with Crippen LogP contribution in [0.1, 0.15) is 27.2 Å². The number of carbonyl (C=O) groups excluding carboxylic acids is 1. The van der Waals surface area contributed by atoms with Gasteiger partial charge in [0.05, 0.1) is 6.42 Å². The molecule has 0 aromatic heterocycles. The molecule has 0 aliphatic carbocycles. The van der Waals surface area contributed by atoms with E-state index in [9.17, 15) is 4.79 Å². The van der Waals surface area contributed by atoms with E-state index in [1.54, 1.807) is 6.92 Å². The van der Waals surface area contributed by atoms with Crippen LogP contribution in [0.25, 0.3) is 0 Å². The van der Waals surface area contributed by atoms with Gasteiger partial charge in [0.2, 0.25) is 0 Å². The summed E-state index contributed by atoms with van der Waals surface area (Å²) in [6.07, 6.45) is 0.372. The molecule has 0 saturated carbocycles. The molecular formula is C7H14N2O2. The number of amidine groups is 1. The van der Waals surface area contributed by atoms with Crippen molar-refractivity contribution in [1.29, 1.82) is 0 Å².